The van der Waals surface area contributed by atoms with Gasteiger partial charge in [0.2, 0.25) is 0 Å². The lowest BCUT2D eigenvalue weighted by atomic mass is 9.79. The van der Waals surface area contributed by atoms with E-state index in [1.165, 1.54) is 0 Å². The van der Waals surface area contributed by atoms with E-state index in [1.807, 2.05) is 49.4 Å². The second-order valence-corrected chi connectivity index (χ2v) is 9.27. The fourth-order valence-corrected chi connectivity index (χ4v) is 4.81. The smallest absolute Gasteiger partial charge is 0.317 e. The number of likely N-dealkylation sites (N-methyl/N-ethyl adjacent to an activating group) is 1. The number of hydrogen-bond acceptors (Lipinski definition) is 3. The summed E-state index contributed by atoms with van der Waals surface area (Å²) in [6.07, 6.45) is 0. The van der Waals surface area contributed by atoms with Gasteiger partial charge in [-0.15, -0.1) is 0 Å². The molecule has 0 aliphatic carbocycles. The zero-order valence-electron chi connectivity index (χ0n) is 17.6. The van der Waals surface area contributed by atoms with Crippen LogP contribution in [0.1, 0.15) is 23.6 Å². The molecule has 0 aromatic heterocycles. The van der Waals surface area contributed by atoms with Crippen molar-refractivity contribution in [2.24, 2.45) is 0 Å². The van der Waals surface area contributed by atoms with Crippen molar-refractivity contribution >= 4 is 40.8 Å². The lowest BCUT2D eigenvalue weighted by Gasteiger charge is -2.40. The molecule has 0 radical (unpaired) electrons. The molecule has 0 amide bonds. The summed E-state index contributed by atoms with van der Waals surface area (Å²) in [5.74, 6) is -0.890. The van der Waals surface area contributed by atoms with Crippen molar-refractivity contribution in [3.8, 4) is 11.1 Å². The quantitative estimate of drug-likeness (QED) is 0.429. The van der Waals surface area contributed by atoms with E-state index in [-0.39, 0.29) is 12.6 Å². The molecular weight excluding hydrogens is 469 g/mol. The van der Waals surface area contributed by atoms with Crippen molar-refractivity contribution in [1.29, 1.82) is 0 Å². The molecule has 166 valence electrons. The number of nitrogens with zero attached hydrogens (tertiary/aromatic N) is 1. The Morgan fingerprint density at radius 2 is 1.69 bits per heavy atom. The first-order valence-electron chi connectivity index (χ1n) is 10.1. The lowest BCUT2D eigenvalue weighted by Crippen LogP contribution is -2.49. The van der Waals surface area contributed by atoms with Crippen LogP contribution in [0.25, 0.3) is 11.1 Å². The number of carbonyl (C=O) groups is 1. The number of carboxylic acid groups (broad SMARTS) is 1. The number of carboxylic acids is 1. The summed E-state index contributed by atoms with van der Waals surface area (Å²) in [5.41, 5.74) is 4.10. The average molecular weight is 491 g/mol. The minimum absolute atomic E-state index is 0.101. The molecule has 1 heterocycles. The number of aliphatic carboxylic acids is 1. The van der Waals surface area contributed by atoms with Crippen molar-refractivity contribution in [3.63, 3.8) is 0 Å². The van der Waals surface area contributed by atoms with E-state index in [1.54, 1.807) is 18.0 Å². The zero-order valence-corrected chi connectivity index (χ0v) is 19.9. The summed E-state index contributed by atoms with van der Waals surface area (Å²) in [4.78, 5) is 13.2. The van der Waals surface area contributed by atoms with Crippen LogP contribution in [-0.2, 0) is 21.7 Å². The maximum absolute atomic E-state index is 11.4. The van der Waals surface area contributed by atoms with Gasteiger partial charge in [-0.3, -0.25) is 9.69 Å². The van der Waals surface area contributed by atoms with Gasteiger partial charge in [0, 0.05) is 11.1 Å². The van der Waals surface area contributed by atoms with Crippen LogP contribution in [0.15, 0.2) is 60.7 Å². The summed E-state index contributed by atoms with van der Waals surface area (Å²) < 4.78 is 6.51. The Morgan fingerprint density at radius 3 is 2.34 bits per heavy atom. The molecule has 1 aliphatic heterocycles. The number of benzene rings is 3. The van der Waals surface area contributed by atoms with Gasteiger partial charge in [-0.25, -0.2) is 0 Å². The standard InChI is InChI=1S/C25H22Cl3NO3/c1-15(29(2)13-24(30)31)25(19-5-7-20(26)8-6-19)21-9-3-16(11-18(21)14-32-25)17-4-10-22(27)23(28)12-17/h3-12,15H,13-14H2,1-2H3,(H,30,31). The number of rotatable bonds is 6. The predicted octanol–water partition coefficient (Wildman–Crippen LogP) is 6.49. The Bertz CT molecular complexity index is 1170. The first kappa shape index (κ1) is 23.1. The summed E-state index contributed by atoms with van der Waals surface area (Å²) in [6, 6.07) is 19.0. The normalized spacial score (nSPS) is 18.6. The van der Waals surface area contributed by atoms with Crippen LogP contribution < -0.4 is 0 Å². The second kappa shape index (κ2) is 9.05. The highest BCUT2D eigenvalue weighted by molar-refractivity contribution is 6.42. The van der Waals surface area contributed by atoms with E-state index in [0.29, 0.717) is 21.7 Å². The number of ether oxygens (including phenoxy) is 1. The van der Waals surface area contributed by atoms with Crippen LogP contribution in [-0.4, -0.2) is 35.6 Å². The Morgan fingerprint density at radius 1 is 1.03 bits per heavy atom. The van der Waals surface area contributed by atoms with Gasteiger partial charge in [-0.05, 0) is 72.1 Å². The van der Waals surface area contributed by atoms with Crippen molar-refractivity contribution < 1.29 is 14.6 Å². The fourth-order valence-electron chi connectivity index (χ4n) is 4.38. The van der Waals surface area contributed by atoms with E-state index in [4.69, 9.17) is 39.5 Å². The van der Waals surface area contributed by atoms with Gasteiger partial charge >= 0.3 is 5.97 Å². The summed E-state index contributed by atoms with van der Waals surface area (Å²) in [5, 5.41) is 11.0. The topological polar surface area (TPSA) is 49.8 Å². The van der Waals surface area contributed by atoms with Gasteiger partial charge in [0.15, 0.2) is 0 Å². The molecule has 0 saturated carbocycles. The molecule has 0 bridgehead atoms. The third-order valence-corrected chi connectivity index (χ3v) is 7.11. The molecule has 4 nitrogen and oxygen atoms in total. The largest absolute Gasteiger partial charge is 0.480 e. The molecule has 0 fully saturated rings. The summed E-state index contributed by atoms with van der Waals surface area (Å²) in [7, 11) is 1.79. The van der Waals surface area contributed by atoms with Gasteiger partial charge in [0.25, 0.3) is 0 Å². The number of halogens is 3. The molecule has 2 atom stereocenters. The Labute approximate surface area is 202 Å². The first-order chi connectivity index (χ1) is 15.2. The summed E-state index contributed by atoms with van der Waals surface area (Å²) in [6.45, 7) is 2.29. The number of fused-ring (bicyclic) bond motifs is 1. The van der Waals surface area contributed by atoms with Crippen molar-refractivity contribution in [2.45, 2.75) is 25.2 Å². The summed E-state index contributed by atoms with van der Waals surface area (Å²) >= 11 is 18.4. The molecule has 7 heteroatoms. The van der Waals surface area contributed by atoms with Gasteiger partial charge in [0.1, 0.15) is 5.60 Å². The lowest BCUT2D eigenvalue weighted by molar-refractivity contribution is -0.140. The van der Waals surface area contributed by atoms with Crippen LogP contribution in [0.2, 0.25) is 15.1 Å². The Hall–Kier alpha value is -2.08. The maximum Gasteiger partial charge on any atom is 0.317 e. The van der Waals surface area contributed by atoms with Crippen LogP contribution in [0.3, 0.4) is 0 Å². The highest BCUT2D eigenvalue weighted by Gasteiger charge is 2.48. The number of hydrogen-bond donors (Lipinski definition) is 1. The molecule has 3 aromatic carbocycles. The SMILES string of the molecule is CC(N(C)CC(=O)O)C1(c2ccc(Cl)cc2)OCc2cc(-c3ccc(Cl)c(Cl)c3)ccc21. The molecule has 4 rings (SSSR count). The minimum Gasteiger partial charge on any atom is -0.480 e. The molecule has 3 aromatic rings. The second-order valence-electron chi connectivity index (χ2n) is 8.02. The van der Waals surface area contributed by atoms with Crippen LogP contribution >= 0.6 is 34.8 Å². The van der Waals surface area contributed by atoms with Crippen LogP contribution in [0.4, 0.5) is 0 Å². The predicted molar refractivity (Wildman–Crippen MR) is 129 cm³/mol. The fraction of sp³-hybridized carbons (Fsp3) is 0.240. The molecule has 0 spiro atoms. The van der Waals surface area contributed by atoms with Gasteiger partial charge < -0.3 is 9.84 Å². The molecule has 2 unspecified atom stereocenters. The van der Waals surface area contributed by atoms with Gasteiger partial charge in [0.05, 0.1) is 23.2 Å². The van der Waals surface area contributed by atoms with Gasteiger partial charge in [-0.2, -0.15) is 0 Å². The molecule has 1 N–H and O–H groups in total. The van der Waals surface area contributed by atoms with E-state index in [0.717, 1.165) is 27.8 Å². The van der Waals surface area contributed by atoms with E-state index in [2.05, 4.69) is 12.1 Å². The van der Waals surface area contributed by atoms with Crippen molar-refractivity contribution in [1.82, 2.24) is 4.90 Å². The molecule has 0 saturated heterocycles. The molecule has 1 aliphatic rings. The van der Waals surface area contributed by atoms with E-state index < -0.39 is 11.6 Å². The first-order valence-corrected chi connectivity index (χ1v) is 11.3. The third kappa shape index (κ3) is 4.14. The molecular formula is C25H22Cl3NO3. The van der Waals surface area contributed by atoms with Crippen molar-refractivity contribution in [2.75, 3.05) is 13.6 Å². The van der Waals surface area contributed by atoms with Crippen LogP contribution in [0.5, 0.6) is 0 Å². The Kier molecular flexibility index (Phi) is 6.53. The van der Waals surface area contributed by atoms with Gasteiger partial charge in [-0.1, -0.05) is 65.1 Å². The maximum atomic E-state index is 11.4. The Balaban J connectivity index is 1.82. The van der Waals surface area contributed by atoms with E-state index in [9.17, 15) is 9.90 Å². The van der Waals surface area contributed by atoms with E-state index >= 15 is 0 Å². The van der Waals surface area contributed by atoms with Crippen molar-refractivity contribution in [3.05, 3.63) is 92.4 Å². The highest BCUT2D eigenvalue weighted by Crippen LogP contribution is 2.47. The average Bonchev–Trinajstić information content (AvgIpc) is 3.15. The minimum atomic E-state index is -0.890. The van der Waals surface area contributed by atoms with Crippen LogP contribution in [0, 0.1) is 0 Å². The zero-order chi connectivity index (χ0) is 23.0. The molecule has 32 heavy (non-hydrogen) atoms. The highest BCUT2D eigenvalue weighted by atomic mass is 35.5. The monoisotopic (exact) mass is 489 g/mol. The third-order valence-electron chi connectivity index (χ3n) is 6.12.